The Hall–Kier alpha value is -1.34. The van der Waals surface area contributed by atoms with Gasteiger partial charge in [-0.2, -0.15) is 0 Å². The third-order valence-corrected chi connectivity index (χ3v) is 7.20. The summed E-state index contributed by atoms with van der Waals surface area (Å²) in [6.07, 6.45) is 4.02. The Morgan fingerprint density at radius 3 is 2.61 bits per heavy atom. The Bertz CT molecular complexity index is 717. The van der Waals surface area contributed by atoms with E-state index >= 15 is 0 Å². The molecule has 2 fully saturated rings. The molecule has 0 amide bonds. The quantitative estimate of drug-likeness (QED) is 0.759. The first kappa shape index (κ1) is 15.2. The predicted octanol–water partition coefficient (Wildman–Crippen LogP) is 5.14. The van der Waals surface area contributed by atoms with Crippen molar-refractivity contribution in [2.45, 2.75) is 40.0 Å². The maximum absolute atomic E-state index is 2.73. The van der Waals surface area contributed by atoms with Gasteiger partial charge in [0.1, 0.15) is 0 Å². The summed E-state index contributed by atoms with van der Waals surface area (Å²) in [6.45, 7) is 11.3. The molecule has 1 unspecified atom stereocenters. The molecule has 1 aliphatic heterocycles. The second kappa shape index (κ2) is 5.34. The van der Waals surface area contributed by atoms with E-state index in [2.05, 4.69) is 68.1 Å². The highest BCUT2D eigenvalue weighted by Gasteiger charge is 2.55. The van der Waals surface area contributed by atoms with Gasteiger partial charge in [-0.3, -0.25) is 0 Å². The molecular formula is C22H29N. The van der Waals surface area contributed by atoms with Crippen molar-refractivity contribution in [1.29, 1.82) is 0 Å². The maximum atomic E-state index is 2.73. The van der Waals surface area contributed by atoms with Crippen molar-refractivity contribution < 1.29 is 0 Å². The van der Waals surface area contributed by atoms with Crippen LogP contribution in [0.5, 0.6) is 0 Å². The molecule has 1 heterocycles. The first-order valence-corrected chi connectivity index (χ1v) is 9.18. The summed E-state index contributed by atoms with van der Waals surface area (Å²) in [4.78, 5) is 2.73. The average Bonchev–Trinajstić information content (AvgIpc) is 2.68. The van der Waals surface area contributed by atoms with E-state index in [0.29, 0.717) is 10.8 Å². The topological polar surface area (TPSA) is 3.24 Å². The van der Waals surface area contributed by atoms with E-state index in [0.717, 1.165) is 5.92 Å². The fraction of sp³-hybridized carbons (Fsp3) is 0.545. The van der Waals surface area contributed by atoms with Crippen LogP contribution in [-0.2, 0) is 6.42 Å². The van der Waals surface area contributed by atoms with Gasteiger partial charge in [0.05, 0.1) is 0 Å². The molecule has 1 nitrogen and oxygen atoms in total. The van der Waals surface area contributed by atoms with E-state index < -0.39 is 0 Å². The van der Waals surface area contributed by atoms with E-state index in [1.807, 2.05) is 0 Å². The predicted molar refractivity (Wildman–Crippen MR) is 98.7 cm³/mol. The van der Waals surface area contributed by atoms with Crippen LogP contribution in [0.25, 0.3) is 10.8 Å². The molecule has 1 heteroatoms. The van der Waals surface area contributed by atoms with Crippen molar-refractivity contribution in [1.82, 2.24) is 4.90 Å². The molecule has 0 N–H and O–H groups in total. The fourth-order valence-electron chi connectivity index (χ4n) is 4.99. The molecule has 1 saturated heterocycles. The first-order chi connectivity index (χ1) is 11.0. The summed E-state index contributed by atoms with van der Waals surface area (Å²) in [5.74, 6) is 0.887. The minimum atomic E-state index is 0.513. The standard InChI is InChI=1S/C22H29N/c1-21(2)20-10-12-22(21,3)16-23(15-20)13-11-17-8-9-18-6-4-5-7-19(18)14-17/h4-9,14,20H,10-13,15-16H2,1-3H3/t20?,22-/m1/s1. The van der Waals surface area contributed by atoms with Crippen molar-refractivity contribution in [3.63, 3.8) is 0 Å². The van der Waals surface area contributed by atoms with Crippen LogP contribution in [-0.4, -0.2) is 24.5 Å². The lowest BCUT2D eigenvalue weighted by atomic mass is 9.63. The molecule has 2 aliphatic rings. The van der Waals surface area contributed by atoms with Gasteiger partial charge in [0.25, 0.3) is 0 Å². The van der Waals surface area contributed by atoms with E-state index in [1.54, 1.807) is 0 Å². The van der Waals surface area contributed by atoms with Crippen LogP contribution in [0.15, 0.2) is 42.5 Å². The van der Waals surface area contributed by atoms with Crippen molar-refractivity contribution >= 4 is 10.8 Å². The third-order valence-electron chi connectivity index (χ3n) is 7.20. The normalized spacial score (nSPS) is 30.0. The van der Waals surface area contributed by atoms with Crippen molar-refractivity contribution in [2.24, 2.45) is 16.7 Å². The minimum Gasteiger partial charge on any atom is -0.302 e. The number of hydrogen-bond donors (Lipinski definition) is 0. The molecule has 23 heavy (non-hydrogen) atoms. The van der Waals surface area contributed by atoms with Crippen LogP contribution >= 0.6 is 0 Å². The number of piperidine rings is 1. The summed E-state index contributed by atoms with van der Waals surface area (Å²) in [5, 5.41) is 2.72. The minimum absolute atomic E-state index is 0.513. The molecule has 122 valence electrons. The highest BCUT2D eigenvalue weighted by molar-refractivity contribution is 5.82. The lowest BCUT2D eigenvalue weighted by Gasteiger charge is -2.50. The van der Waals surface area contributed by atoms with Crippen LogP contribution in [0.3, 0.4) is 0 Å². The van der Waals surface area contributed by atoms with Gasteiger partial charge in [-0.15, -0.1) is 0 Å². The molecule has 2 atom stereocenters. The lowest BCUT2D eigenvalue weighted by molar-refractivity contribution is -0.0169. The molecule has 4 rings (SSSR count). The number of nitrogens with zero attached hydrogens (tertiary/aromatic N) is 1. The summed E-state index contributed by atoms with van der Waals surface area (Å²) in [6, 6.07) is 15.6. The molecule has 0 radical (unpaired) electrons. The van der Waals surface area contributed by atoms with Crippen LogP contribution < -0.4 is 0 Å². The van der Waals surface area contributed by atoms with Crippen molar-refractivity contribution in [3.8, 4) is 0 Å². The van der Waals surface area contributed by atoms with Gasteiger partial charge in [0, 0.05) is 19.6 Å². The monoisotopic (exact) mass is 307 g/mol. The van der Waals surface area contributed by atoms with E-state index in [4.69, 9.17) is 0 Å². The number of rotatable bonds is 3. The van der Waals surface area contributed by atoms with Gasteiger partial charge in [0.2, 0.25) is 0 Å². The smallest absolute Gasteiger partial charge is 0.00408 e. The maximum Gasteiger partial charge on any atom is 0.00408 e. The second-order valence-corrected chi connectivity index (χ2v) is 8.68. The SMILES string of the molecule is CC1(C)C2CC[C@]1(C)CN(CCc1ccc3ccccc3c1)C2. The van der Waals surface area contributed by atoms with E-state index in [1.165, 1.54) is 55.2 Å². The van der Waals surface area contributed by atoms with E-state index in [-0.39, 0.29) is 0 Å². The molecule has 2 aromatic carbocycles. The summed E-state index contributed by atoms with van der Waals surface area (Å²) < 4.78 is 0. The van der Waals surface area contributed by atoms with Crippen LogP contribution in [0, 0.1) is 16.7 Å². The molecule has 2 bridgehead atoms. The Morgan fingerprint density at radius 2 is 1.83 bits per heavy atom. The highest BCUT2D eigenvalue weighted by atomic mass is 15.2. The zero-order valence-electron chi connectivity index (χ0n) is 14.8. The highest BCUT2D eigenvalue weighted by Crippen LogP contribution is 2.58. The molecular weight excluding hydrogens is 278 g/mol. The number of hydrogen-bond acceptors (Lipinski definition) is 1. The van der Waals surface area contributed by atoms with Crippen LogP contribution in [0.2, 0.25) is 0 Å². The summed E-state index contributed by atoms with van der Waals surface area (Å²) in [7, 11) is 0. The van der Waals surface area contributed by atoms with Gasteiger partial charge in [-0.05, 0) is 52.3 Å². The van der Waals surface area contributed by atoms with Crippen molar-refractivity contribution in [3.05, 3.63) is 48.0 Å². The zero-order valence-corrected chi connectivity index (χ0v) is 14.8. The van der Waals surface area contributed by atoms with Crippen LogP contribution in [0.4, 0.5) is 0 Å². The Kier molecular flexibility index (Phi) is 3.53. The Balaban J connectivity index is 1.45. The Morgan fingerprint density at radius 1 is 1.04 bits per heavy atom. The van der Waals surface area contributed by atoms with Crippen LogP contribution in [0.1, 0.15) is 39.2 Å². The number of benzene rings is 2. The molecule has 0 aromatic heterocycles. The zero-order chi connectivity index (χ0) is 16.1. The summed E-state index contributed by atoms with van der Waals surface area (Å²) >= 11 is 0. The average molecular weight is 307 g/mol. The number of likely N-dealkylation sites (tertiary alicyclic amines) is 1. The van der Waals surface area contributed by atoms with E-state index in [9.17, 15) is 0 Å². The second-order valence-electron chi connectivity index (χ2n) is 8.68. The third kappa shape index (κ3) is 2.50. The lowest BCUT2D eigenvalue weighted by Crippen LogP contribution is -2.52. The van der Waals surface area contributed by atoms with Gasteiger partial charge in [-0.1, -0.05) is 63.2 Å². The largest absolute Gasteiger partial charge is 0.302 e. The van der Waals surface area contributed by atoms with Gasteiger partial charge < -0.3 is 4.90 Å². The fourth-order valence-corrected chi connectivity index (χ4v) is 4.99. The van der Waals surface area contributed by atoms with Crippen molar-refractivity contribution in [2.75, 3.05) is 19.6 Å². The van der Waals surface area contributed by atoms with Gasteiger partial charge in [-0.25, -0.2) is 0 Å². The van der Waals surface area contributed by atoms with Gasteiger partial charge in [0.15, 0.2) is 0 Å². The molecule has 0 spiro atoms. The Labute approximate surface area is 140 Å². The molecule has 2 aromatic rings. The number of fused-ring (bicyclic) bond motifs is 3. The molecule has 1 saturated carbocycles. The molecule has 1 aliphatic carbocycles. The first-order valence-electron chi connectivity index (χ1n) is 9.18. The summed E-state index contributed by atoms with van der Waals surface area (Å²) in [5.41, 5.74) is 2.51. The van der Waals surface area contributed by atoms with Gasteiger partial charge >= 0.3 is 0 Å².